The Balaban J connectivity index is 1.90. The normalized spacial score (nSPS) is 11.2. The van der Waals surface area contributed by atoms with Crippen LogP contribution in [0, 0.1) is 0 Å². The maximum absolute atomic E-state index is 5.13. The smallest absolute Gasteiger partial charge is 0.213 e. The predicted octanol–water partition coefficient (Wildman–Crippen LogP) is 2.52. The molecule has 0 atom stereocenters. The molecule has 0 saturated carbocycles. The van der Waals surface area contributed by atoms with Gasteiger partial charge in [-0.25, -0.2) is 4.98 Å². The lowest BCUT2D eigenvalue weighted by molar-refractivity contribution is 0.397. The summed E-state index contributed by atoms with van der Waals surface area (Å²) in [7, 11) is 3.39. The van der Waals surface area contributed by atoms with E-state index >= 15 is 0 Å². The lowest BCUT2D eigenvalue weighted by Crippen LogP contribution is -2.36. The molecule has 0 radical (unpaired) electrons. The predicted molar refractivity (Wildman–Crippen MR) is 93.6 cm³/mol. The molecule has 0 aliphatic heterocycles. The number of rotatable bonds is 6. The number of guanidine groups is 1. The number of pyridine rings is 1. The fourth-order valence-electron chi connectivity index (χ4n) is 2.33. The van der Waals surface area contributed by atoms with Gasteiger partial charge < -0.3 is 15.4 Å². The Morgan fingerprint density at radius 2 is 1.87 bits per heavy atom. The van der Waals surface area contributed by atoms with E-state index in [4.69, 9.17) is 4.74 Å². The average Bonchev–Trinajstić information content (AvgIpc) is 2.62. The quantitative estimate of drug-likeness (QED) is 0.636. The van der Waals surface area contributed by atoms with Crippen LogP contribution >= 0.6 is 0 Å². The van der Waals surface area contributed by atoms with E-state index in [0.717, 1.165) is 24.5 Å². The van der Waals surface area contributed by atoms with Crippen molar-refractivity contribution in [3.8, 4) is 5.88 Å². The van der Waals surface area contributed by atoms with Crippen molar-refractivity contribution >= 4 is 5.96 Å². The van der Waals surface area contributed by atoms with Crippen molar-refractivity contribution in [2.24, 2.45) is 4.99 Å². The number of aromatic nitrogens is 1. The van der Waals surface area contributed by atoms with Crippen molar-refractivity contribution in [1.29, 1.82) is 0 Å². The number of aryl methyl sites for hydroxylation is 1. The van der Waals surface area contributed by atoms with Gasteiger partial charge in [0.1, 0.15) is 0 Å². The second-order valence-corrected chi connectivity index (χ2v) is 5.11. The summed E-state index contributed by atoms with van der Waals surface area (Å²) in [5.74, 6) is 1.39. The minimum Gasteiger partial charge on any atom is -0.481 e. The number of nitrogens with zero attached hydrogens (tertiary/aromatic N) is 2. The van der Waals surface area contributed by atoms with Crippen LogP contribution < -0.4 is 15.4 Å². The van der Waals surface area contributed by atoms with E-state index in [9.17, 15) is 0 Å². The first kappa shape index (κ1) is 16.8. The summed E-state index contributed by atoms with van der Waals surface area (Å²) in [4.78, 5) is 8.37. The van der Waals surface area contributed by atoms with E-state index in [0.29, 0.717) is 12.4 Å². The molecule has 1 aromatic heterocycles. The summed E-state index contributed by atoms with van der Waals surface area (Å²) >= 11 is 0. The summed E-state index contributed by atoms with van der Waals surface area (Å²) in [6.45, 7) is 3.58. The van der Waals surface area contributed by atoms with Crippen LogP contribution in [-0.4, -0.2) is 25.1 Å². The van der Waals surface area contributed by atoms with Crippen LogP contribution in [0.3, 0.4) is 0 Å². The van der Waals surface area contributed by atoms with Crippen LogP contribution in [0.5, 0.6) is 5.88 Å². The van der Waals surface area contributed by atoms with Gasteiger partial charge in [0.05, 0.1) is 7.11 Å². The fraction of sp³-hybridized carbons (Fsp3) is 0.333. The van der Waals surface area contributed by atoms with Crippen molar-refractivity contribution in [1.82, 2.24) is 15.6 Å². The molecule has 0 amide bonds. The van der Waals surface area contributed by atoms with E-state index in [1.807, 2.05) is 12.1 Å². The molecule has 0 unspecified atom stereocenters. The van der Waals surface area contributed by atoms with Crippen LogP contribution in [0.4, 0.5) is 0 Å². The molecule has 2 rings (SSSR count). The highest BCUT2D eigenvalue weighted by Gasteiger charge is 2.03. The maximum Gasteiger partial charge on any atom is 0.213 e. The molecule has 2 aromatic rings. The molecule has 23 heavy (non-hydrogen) atoms. The largest absolute Gasteiger partial charge is 0.481 e. The molecular formula is C18H24N4O. The van der Waals surface area contributed by atoms with E-state index < -0.39 is 0 Å². The monoisotopic (exact) mass is 312 g/mol. The average molecular weight is 312 g/mol. The van der Waals surface area contributed by atoms with Crippen LogP contribution in [-0.2, 0) is 19.5 Å². The molecule has 0 aliphatic carbocycles. The summed E-state index contributed by atoms with van der Waals surface area (Å²) in [5.41, 5.74) is 3.74. The molecule has 5 heteroatoms. The Bertz CT molecular complexity index is 655. The first-order valence-corrected chi connectivity index (χ1v) is 7.77. The second-order valence-electron chi connectivity index (χ2n) is 5.11. The number of benzene rings is 1. The first-order valence-electron chi connectivity index (χ1n) is 7.77. The fourth-order valence-corrected chi connectivity index (χ4v) is 2.33. The molecule has 1 heterocycles. The topological polar surface area (TPSA) is 58.5 Å². The minimum absolute atomic E-state index is 0.615. The third-order valence-corrected chi connectivity index (χ3v) is 3.64. The molecule has 5 nitrogen and oxygen atoms in total. The van der Waals surface area contributed by atoms with Crippen molar-refractivity contribution < 1.29 is 4.74 Å². The zero-order chi connectivity index (χ0) is 16.5. The van der Waals surface area contributed by atoms with Gasteiger partial charge in [-0.3, -0.25) is 4.99 Å². The van der Waals surface area contributed by atoms with Crippen molar-refractivity contribution in [2.45, 2.75) is 26.4 Å². The summed E-state index contributed by atoms with van der Waals surface area (Å²) in [5, 5.41) is 6.65. The third-order valence-electron chi connectivity index (χ3n) is 3.64. The van der Waals surface area contributed by atoms with Gasteiger partial charge in [0.25, 0.3) is 0 Å². The minimum atomic E-state index is 0.615. The van der Waals surface area contributed by atoms with E-state index in [1.54, 1.807) is 20.4 Å². The van der Waals surface area contributed by atoms with Crippen molar-refractivity contribution in [3.05, 3.63) is 59.3 Å². The zero-order valence-electron chi connectivity index (χ0n) is 14.0. The Kier molecular flexibility index (Phi) is 6.41. The number of aliphatic imine (C=N–C) groups is 1. The summed E-state index contributed by atoms with van der Waals surface area (Å²) < 4.78 is 5.13. The van der Waals surface area contributed by atoms with Gasteiger partial charge in [0.15, 0.2) is 5.96 Å². The molecule has 2 N–H and O–H groups in total. The SMILES string of the molecule is CCc1ccccc1CNC(=NC)NCc1ccnc(OC)c1. The van der Waals surface area contributed by atoms with Gasteiger partial charge in [-0.2, -0.15) is 0 Å². The Morgan fingerprint density at radius 1 is 1.13 bits per heavy atom. The third kappa shape index (κ3) is 4.98. The summed E-state index contributed by atoms with van der Waals surface area (Å²) in [6.07, 6.45) is 2.77. The van der Waals surface area contributed by atoms with Crippen LogP contribution in [0.15, 0.2) is 47.6 Å². The maximum atomic E-state index is 5.13. The number of hydrogen-bond donors (Lipinski definition) is 2. The molecule has 0 aliphatic rings. The van der Waals surface area contributed by atoms with E-state index in [2.05, 4.69) is 51.8 Å². The highest BCUT2D eigenvalue weighted by molar-refractivity contribution is 5.79. The molecule has 0 fully saturated rings. The van der Waals surface area contributed by atoms with Crippen LogP contribution in [0.2, 0.25) is 0 Å². The summed E-state index contributed by atoms with van der Waals surface area (Å²) in [6, 6.07) is 12.3. The highest BCUT2D eigenvalue weighted by atomic mass is 16.5. The highest BCUT2D eigenvalue weighted by Crippen LogP contribution is 2.09. The molecule has 0 spiro atoms. The zero-order valence-corrected chi connectivity index (χ0v) is 14.0. The van der Waals surface area contributed by atoms with Crippen LogP contribution in [0.25, 0.3) is 0 Å². The van der Waals surface area contributed by atoms with Crippen molar-refractivity contribution in [2.75, 3.05) is 14.2 Å². The van der Waals surface area contributed by atoms with Gasteiger partial charge in [-0.1, -0.05) is 31.2 Å². The van der Waals surface area contributed by atoms with Gasteiger partial charge in [0, 0.05) is 32.4 Å². The molecule has 0 saturated heterocycles. The molecule has 0 bridgehead atoms. The van der Waals surface area contributed by atoms with Crippen LogP contribution in [0.1, 0.15) is 23.6 Å². The second kappa shape index (κ2) is 8.78. The number of nitrogens with one attached hydrogen (secondary N) is 2. The number of hydrogen-bond acceptors (Lipinski definition) is 3. The Morgan fingerprint density at radius 3 is 2.57 bits per heavy atom. The lowest BCUT2D eigenvalue weighted by atomic mass is 10.1. The molecule has 122 valence electrons. The number of methoxy groups -OCH3 is 1. The number of ether oxygens (including phenoxy) is 1. The standard InChI is InChI=1S/C18H24N4O/c1-4-15-7-5-6-8-16(15)13-22-18(19-2)21-12-14-9-10-20-17(11-14)23-3/h5-11H,4,12-13H2,1-3H3,(H2,19,21,22). The van der Waals surface area contributed by atoms with Gasteiger partial charge in [-0.05, 0) is 29.2 Å². The Hall–Kier alpha value is -2.56. The van der Waals surface area contributed by atoms with Gasteiger partial charge >= 0.3 is 0 Å². The van der Waals surface area contributed by atoms with E-state index in [-0.39, 0.29) is 0 Å². The molecule has 1 aromatic carbocycles. The van der Waals surface area contributed by atoms with E-state index in [1.165, 1.54) is 11.1 Å². The van der Waals surface area contributed by atoms with Crippen molar-refractivity contribution in [3.63, 3.8) is 0 Å². The lowest BCUT2D eigenvalue weighted by Gasteiger charge is -2.14. The first-order chi connectivity index (χ1) is 11.3. The van der Waals surface area contributed by atoms with Gasteiger partial charge in [0.2, 0.25) is 5.88 Å². The Labute approximate surface area is 137 Å². The molecular weight excluding hydrogens is 288 g/mol. The van der Waals surface area contributed by atoms with Gasteiger partial charge in [-0.15, -0.1) is 0 Å².